The molecule has 3 N–H and O–H groups in total. The topological polar surface area (TPSA) is 56.5 Å². The van der Waals surface area contributed by atoms with Gasteiger partial charge < -0.3 is 9.47 Å². The van der Waals surface area contributed by atoms with E-state index in [9.17, 15) is 0 Å². The van der Waals surface area contributed by atoms with E-state index < -0.39 is 0 Å². The van der Waals surface area contributed by atoms with Crippen LogP contribution >= 0.6 is 0 Å². The molecule has 0 saturated heterocycles. The molecule has 0 aromatic heterocycles. The normalized spacial score (nSPS) is 11.3. The maximum atomic E-state index is 5.61. The molecular weight excluding hydrogens is 228 g/mol. The number of benzene rings is 1. The Morgan fingerprint density at radius 3 is 2.67 bits per heavy atom. The second-order valence-electron chi connectivity index (χ2n) is 3.79. The predicted molar refractivity (Wildman–Crippen MR) is 72.3 cm³/mol. The van der Waals surface area contributed by atoms with E-state index in [0.717, 1.165) is 29.9 Å². The van der Waals surface area contributed by atoms with Crippen molar-refractivity contribution in [3.63, 3.8) is 0 Å². The fourth-order valence-corrected chi connectivity index (χ4v) is 1.78. The molecule has 1 aromatic carbocycles. The smallest absolute Gasteiger partial charge is 0.123 e. The van der Waals surface area contributed by atoms with E-state index in [1.54, 1.807) is 14.2 Å². The molecular formula is C14H20N2O2. The average Bonchev–Trinajstić information content (AvgIpc) is 2.43. The first-order valence-electron chi connectivity index (χ1n) is 5.84. The minimum absolute atomic E-state index is 0.00380. The van der Waals surface area contributed by atoms with Crippen LogP contribution in [0.5, 0.6) is 11.5 Å². The van der Waals surface area contributed by atoms with E-state index in [1.807, 2.05) is 25.1 Å². The van der Waals surface area contributed by atoms with E-state index in [0.29, 0.717) is 0 Å². The first kappa shape index (κ1) is 14.4. The zero-order chi connectivity index (χ0) is 13.4. The summed E-state index contributed by atoms with van der Waals surface area (Å²) in [6, 6.07) is 5.67. The van der Waals surface area contributed by atoms with Gasteiger partial charge in [-0.3, -0.25) is 11.3 Å². The van der Waals surface area contributed by atoms with Crippen LogP contribution in [0.15, 0.2) is 18.2 Å². The molecule has 1 aromatic rings. The molecule has 0 amide bonds. The minimum Gasteiger partial charge on any atom is -0.497 e. The second kappa shape index (κ2) is 7.59. The van der Waals surface area contributed by atoms with Crippen molar-refractivity contribution in [2.75, 3.05) is 14.2 Å². The summed E-state index contributed by atoms with van der Waals surface area (Å²) in [6.45, 7) is 1.83. The molecule has 0 aliphatic carbocycles. The molecule has 0 aliphatic rings. The van der Waals surface area contributed by atoms with Crippen molar-refractivity contribution in [3.8, 4) is 23.3 Å². The van der Waals surface area contributed by atoms with Crippen molar-refractivity contribution in [2.45, 2.75) is 25.8 Å². The standard InChI is InChI=1S/C14H20N2O2/c1-4-5-6-7-13(16-15)12-10-11(17-2)8-9-14(12)18-3/h8-10,13,16H,6-7,15H2,1-3H3. The number of hydrogen-bond donors (Lipinski definition) is 2. The van der Waals surface area contributed by atoms with Gasteiger partial charge in [0.2, 0.25) is 0 Å². The van der Waals surface area contributed by atoms with Crippen molar-refractivity contribution < 1.29 is 9.47 Å². The van der Waals surface area contributed by atoms with Crippen molar-refractivity contribution in [3.05, 3.63) is 23.8 Å². The highest BCUT2D eigenvalue weighted by Gasteiger charge is 2.15. The summed E-state index contributed by atoms with van der Waals surface area (Å²) in [5, 5.41) is 0. The molecule has 1 unspecified atom stereocenters. The van der Waals surface area contributed by atoms with Gasteiger partial charge in [0.1, 0.15) is 11.5 Å². The lowest BCUT2D eigenvalue weighted by Gasteiger charge is -2.19. The summed E-state index contributed by atoms with van der Waals surface area (Å²) < 4.78 is 10.6. The van der Waals surface area contributed by atoms with Crippen LogP contribution in [-0.4, -0.2) is 14.2 Å². The fourth-order valence-electron chi connectivity index (χ4n) is 1.78. The van der Waals surface area contributed by atoms with Crippen LogP contribution in [0, 0.1) is 11.8 Å². The van der Waals surface area contributed by atoms with Gasteiger partial charge in [0.05, 0.1) is 20.3 Å². The van der Waals surface area contributed by atoms with Gasteiger partial charge in [-0.15, -0.1) is 11.8 Å². The van der Waals surface area contributed by atoms with E-state index >= 15 is 0 Å². The first-order valence-corrected chi connectivity index (χ1v) is 5.84. The van der Waals surface area contributed by atoms with Crippen molar-refractivity contribution in [1.29, 1.82) is 0 Å². The molecule has 1 rings (SSSR count). The molecule has 4 nitrogen and oxygen atoms in total. The third kappa shape index (κ3) is 3.66. The lowest BCUT2D eigenvalue weighted by molar-refractivity contribution is 0.387. The molecule has 0 saturated carbocycles. The Kier molecular flexibility index (Phi) is 6.06. The maximum absolute atomic E-state index is 5.61. The summed E-state index contributed by atoms with van der Waals surface area (Å²) in [5.41, 5.74) is 3.78. The Morgan fingerprint density at radius 1 is 1.33 bits per heavy atom. The monoisotopic (exact) mass is 248 g/mol. The predicted octanol–water partition coefficient (Wildman–Crippen LogP) is 2.01. The van der Waals surface area contributed by atoms with Gasteiger partial charge in [0.15, 0.2) is 0 Å². The minimum atomic E-state index is -0.00380. The van der Waals surface area contributed by atoms with E-state index in [4.69, 9.17) is 15.3 Å². The van der Waals surface area contributed by atoms with Crippen molar-refractivity contribution in [1.82, 2.24) is 5.43 Å². The molecule has 0 fully saturated rings. The highest BCUT2D eigenvalue weighted by atomic mass is 16.5. The number of methoxy groups -OCH3 is 2. The molecule has 0 spiro atoms. The van der Waals surface area contributed by atoms with Crippen LogP contribution in [0.2, 0.25) is 0 Å². The van der Waals surface area contributed by atoms with E-state index in [1.165, 1.54) is 0 Å². The van der Waals surface area contributed by atoms with Gasteiger partial charge in [0.25, 0.3) is 0 Å². The number of hydrazine groups is 1. The Morgan fingerprint density at radius 2 is 2.11 bits per heavy atom. The molecule has 0 heterocycles. The van der Waals surface area contributed by atoms with Gasteiger partial charge in [0, 0.05) is 12.0 Å². The van der Waals surface area contributed by atoms with E-state index in [-0.39, 0.29) is 6.04 Å². The number of nitrogens with one attached hydrogen (secondary N) is 1. The SMILES string of the molecule is CC#CCCC(NN)c1cc(OC)ccc1OC. The Balaban J connectivity index is 2.96. The second-order valence-corrected chi connectivity index (χ2v) is 3.79. The number of nitrogens with two attached hydrogens (primary N) is 1. The van der Waals surface area contributed by atoms with Crippen LogP contribution in [0.1, 0.15) is 31.4 Å². The van der Waals surface area contributed by atoms with Crippen LogP contribution in [0.4, 0.5) is 0 Å². The van der Waals surface area contributed by atoms with E-state index in [2.05, 4.69) is 17.3 Å². The first-order chi connectivity index (χ1) is 8.76. The van der Waals surface area contributed by atoms with Crippen molar-refractivity contribution in [2.24, 2.45) is 5.84 Å². The van der Waals surface area contributed by atoms with Gasteiger partial charge >= 0.3 is 0 Å². The molecule has 0 aliphatic heterocycles. The Hall–Kier alpha value is -1.70. The maximum Gasteiger partial charge on any atom is 0.123 e. The summed E-state index contributed by atoms with van der Waals surface area (Å²) in [7, 11) is 3.28. The van der Waals surface area contributed by atoms with Gasteiger partial charge in [-0.25, -0.2) is 0 Å². The Bertz CT molecular complexity index is 435. The molecule has 1 atom stereocenters. The third-order valence-corrected chi connectivity index (χ3v) is 2.75. The lowest BCUT2D eigenvalue weighted by Crippen LogP contribution is -2.28. The highest BCUT2D eigenvalue weighted by Crippen LogP contribution is 2.31. The van der Waals surface area contributed by atoms with Crippen LogP contribution < -0.4 is 20.7 Å². The summed E-state index contributed by atoms with van der Waals surface area (Å²) >= 11 is 0. The number of ether oxygens (including phenoxy) is 2. The number of hydrogen-bond acceptors (Lipinski definition) is 4. The highest BCUT2D eigenvalue weighted by molar-refractivity contribution is 5.42. The Labute approximate surface area is 108 Å². The largest absolute Gasteiger partial charge is 0.497 e. The molecule has 98 valence electrons. The van der Waals surface area contributed by atoms with Crippen LogP contribution in [0.25, 0.3) is 0 Å². The molecule has 0 radical (unpaired) electrons. The molecule has 0 bridgehead atoms. The summed E-state index contributed by atoms with van der Waals surface area (Å²) in [4.78, 5) is 0. The fraction of sp³-hybridized carbons (Fsp3) is 0.429. The summed E-state index contributed by atoms with van der Waals surface area (Å²) in [5.74, 6) is 13.1. The molecule has 18 heavy (non-hydrogen) atoms. The van der Waals surface area contributed by atoms with Gasteiger partial charge in [-0.2, -0.15) is 0 Å². The number of rotatable bonds is 6. The zero-order valence-corrected chi connectivity index (χ0v) is 11.1. The van der Waals surface area contributed by atoms with Gasteiger partial charge in [-0.1, -0.05) is 0 Å². The third-order valence-electron chi connectivity index (χ3n) is 2.75. The average molecular weight is 248 g/mol. The zero-order valence-electron chi connectivity index (χ0n) is 11.1. The van der Waals surface area contributed by atoms with Crippen molar-refractivity contribution >= 4 is 0 Å². The van der Waals surface area contributed by atoms with Crippen LogP contribution in [0.3, 0.4) is 0 Å². The van der Waals surface area contributed by atoms with Crippen LogP contribution in [-0.2, 0) is 0 Å². The molecule has 4 heteroatoms. The summed E-state index contributed by atoms with van der Waals surface area (Å²) in [6.07, 6.45) is 1.60. The quantitative estimate of drug-likeness (QED) is 0.459. The van der Waals surface area contributed by atoms with Gasteiger partial charge in [-0.05, 0) is 31.5 Å². The lowest BCUT2D eigenvalue weighted by atomic mass is 10.0.